The monoisotopic (exact) mass is 320 g/mol. The summed E-state index contributed by atoms with van der Waals surface area (Å²) in [6.07, 6.45) is 1.92. The molecule has 0 aromatic heterocycles. The number of fused-ring (bicyclic) bond motifs is 1. The Hall–Kier alpha value is -1.65. The van der Waals surface area contributed by atoms with Crippen molar-refractivity contribution < 1.29 is 4.39 Å². The van der Waals surface area contributed by atoms with E-state index in [1.54, 1.807) is 6.07 Å². The Morgan fingerprint density at radius 2 is 1.81 bits per heavy atom. The molecule has 2 N–H and O–H groups in total. The molecular weight excluding hydrogens is 307 g/mol. The van der Waals surface area contributed by atoms with Crippen LogP contribution in [0.4, 0.5) is 10.1 Å². The average molecular weight is 321 g/mol. The molecule has 5 heteroatoms. The third-order valence-electron chi connectivity index (χ3n) is 3.56. The molecule has 0 saturated heterocycles. The molecule has 1 aliphatic rings. The number of benzene rings is 2. The van der Waals surface area contributed by atoms with Crippen molar-refractivity contribution >= 4 is 34.6 Å². The molecule has 0 amide bonds. The molecular formula is C16H14ClFN2S. The molecule has 0 heterocycles. The summed E-state index contributed by atoms with van der Waals surface area (Å²) in [5.41, 5.74) is 3.40. The lowest BCUT2D eigenvalue weighted by atomic mass is 10.1. The second kappa shape index (κ2) is 6.00. The van der Waals surface area contributed by atoms with Gasteiger partial charge in [0, 0.05) is 11.7 Å². The van der Waals surface area contributed by atoms with Gasteiger partial charge in [0.05, 0.1) is 5.02 Å². The van der Waals surface area contributed by atoms with Crippen LogP contribution in [-0.2, 0) is 12.8 Å². The van der Waals surface area contributed by atoms with Crippen LogP contribution in [0.2, 0.25) is 5.02 Å². The van der Waals surface area contributed by atoms with Gasteiger partial charge in [0.15, 0.2) is 5.11 Å². The minimum atomic E-state index is -0.438. The Morgan fingerprint density at radius 3 is 2.43 bits per heavy atom. The van der Waals surface area contributed by atoms with E-state index in [0.29, 0.717) is 16.8 Å². The highest BCUT2D eigenvalue weighted by Gasteiger charge is 2.21. The number of nitrogens with one attached hydrogen (secondary N) is 2. The van der Waals surface area contributed by atoms with Crippen LogP contribution in [-0.4, -0.2) is 11.2 Å². The topological polar surface area (TPSA) is 24.1 Å². The highest BCUT2D eigenvalue weighted by molar-refractivity contribution is 7.80. The molecule has 0 unspecified atom stereocenters. The van der Waals surface area contributed by atoms with Gasteiger partial charge in [-0.3, -0.25) is 0 Å². The van der Waals surface area contributed by atoms with Gasteiger partial charge in [-0.15, -0.1) is 0 Å². The Kier molecular flexibility index (Phi) is 4.08. The molecule has 0 fully saturated rings. The van der Waals surface area contributed by atoms with E-state index in [0.717, 1.165) is 12.8 Å². The minimum absolute atomic E-state index is 0.0797. The van der Waals surface area contributed by atoms with Crippen molar-refractivity contribution in [1.82, 2.24) is 5.32 Å². The fraction of sp³-hybridized carbons (Fsp3) is 0.188. The summed E-state index contributed by atoms with van der Waals surface area (Å²) in [5.74, 6) is -0.438. The smallest absolute Gasteiger partial charge is 0.171 e. The van der Waals surface area contributed by atoms with Crippen molar-refractivity contribution in [3.63, 3.8) is 0 Å². The van der Waals surface area contributed by atoms with Gasteiger partial charge in [0.1, 0.15) is 5.82 Å². The van der Waals surface area contributed by atoms with Gasteiger partial charge in [-0.1, -0.05) is 35.9 Å². The molecule has 108 valence electrons. The molecule has 0 bridgehead atoms. The maximum absolute atomic E-state index is 13.1. The Bertz CT molecular complexity index is 665. The number of thiocarbonyl (C=S) groups is 1. The summed E-state index contributed by atoms with van der Waals surface area (Å²) in [7, 11) is 0. The lowest BCUT2D eigenvalue weighted by molar-refractivity contribution is 0.628. The van der Waals surface area contributed by atoms with Crippen molar-refractivity contribution in [2.45, 2.75) is 18.9 Å². The summed E-state index contributed by atoms with van der Waals surface area (Å²) < 4.78 is 13.1. The molecule has 0 atom stereocenters. The zero-order chi connectivity index (χ0) is 14.8. The van der Waals surface area contributed by atoms with E-state index in [9.17, 15) is 4.39 Å². The van der Waals surface area contributed by atoms with Crippen LogP contribution in [0.25, 0.3) is 0 Å². The first kappa shape index (κ1) is 14.3. The Labute approximate surface area is 133 Å². The third-order valence-corrected chi connectivity index (χ3v) is 4.07. The summed E-state index contributed by atoms with van der Waals surface area (Å²) in [4.78, 5) is 0. The molecule has 0 aliphatic heterocycles. The molecule has 0 saturated carbocycles. The predicted octanol–water partition coefficient (Wildman–Crippen LogP) is 3.93. The molecule has 2 aromatic rings. The minimum Gasteiger partial charge on any atom is -0.359 e. The SMILES string of the molecule is Fc1ccc(NC(=S)NC2Cc3ccccc3C2)cc1Cl. The Balaban J connectivity index is 1.59. The van der Waals surface area contributed by atoms with E-state index in [1.165, 1.54) is 23.3 Å². The first-order valence-electron chi connectivity index (χ1n) is 6.71. The van der Waals surface area contributed by atoms with Crippen LogP contribution >= 0.6 is 23.8 Å². The van der Waals surface area contributed by atoms with Crippen LogP contribution in [0, 0.1) is 5.82 Å². The van der Waals surface area contributed by atoms with E-state index in [1.807, 2.05) is 0 Å². The van der Waals surface area contributed by atoms with Gasteiger partial charge < -0.3 is 10.6 Å². The van der Waals surface area contributed by atoms with Crippen LogP contribution in [0.15, 0.2) is 42.5 Å². The highest BCUT2D eigenvalue weighted by atomic mass is 35.5. The van der Waals surface area contributed by atoms with E-state index in [2.05, 4.69) is 34.9 Å². The molecule has 1 aliphatic carbocycles. The molecule has 0 spiro atoms. The predicted molar refractivity (Wildman–Crippen MR) is 88.4 cm³/mol. The fourth-order valence-corrected chi connectivity index (χ4v) is 3.05. The summed E-state index contributed by atoms with van der Waals surface area (Å²) >= 11 is 11.1. The fourth-order valence-electron chi connectivity index (χ4n) is 2.59. The van der Waals surface area contributed by atoms with Crippen LogP contribution in [0.5, 0.6) is 0 Å². The molecule has 0 radical (unpaired) electrons. The van der Waals surface area contributed by atoms with E-state index in [-0.39, 0.29) is 5.02 Å². The Morgan fingerprint density at radius 1 is 1.14 bits per heavy atom. The molecule has 2 nitrogen and oxygen atoms in total. The maximum atomic E-state index is 13.1. The molecule has 2 aromatic carbocycles. The van der Waals surface area contributed by atoms with Gasteiger partial charge >= 0.3 is 0 Å². The van der Waals surface area contributed by atoms with Crippen molar-refractivity contribution in [2.24, 2.45) is 0 Å². The van der Waals surface area contributed by atoms with Crippen LogP contribution in [0.3, 0.4) is 0 Å². The van der Waals surface area contributed by atoms with Crippen LogP contribution < -0.4 is 10.6 Å². The maximum Gasteiger partial charge on any atom is 0.171 e. The second-order valence-electron chi connectivity index (χ2n) is 5.10. The number of anilines is 1. The number of rotatable bonds is 2. The highest BCUT2D eigenvalue weighted by Crippen LogP contribution is 2.22. The van der Waals surface area contributed by atoms with Gasteiger partial charge in [0.25, 0.3) is 0 Å². The van der Waals surface area contributed by atoms with Crippen molar-refractivity contribution in [2.75, 3.05) is 5.32 Å². The average Bonchev–Trinajstić information content (AvgIpc) is 2.84. The normalized spacial score (nSPS) is 13.8. The van der Waals surface area contributed by atoms with E-state index < -0.39 is 5.82 Å². The second-order valence-corrected chi connectivity index (χ2v) is 5.92. The van der Waals surface area contributed by atoms with Crippen molar-refractivity contribution in [3.8, 4) is 0 Å². The largest absolute Gasteiger partial charge is 0.359 e. The zero-order valence-corrected chi connectivity index (χ0v) is 12.8. The van der Waals surface area contributed by atoms with Crippen LogP contribution in [0.1, 0.15) is 11.1 Å². The van der Waals surface area contributed by atoms with Gasteiger partial charge in [0.2, 0.25) is 0 Å². The standard InChI is InChI=1S/C16H14ClFN2S/c17-14-9-12(5-6-15(14)18)19-16(21)20-13-7-10-3-1-2-4-11(10)8-13/h1-6,9,13H,7-8H2,(H2,19,20,21). The number of hydrogen-bond donors (Lipinski definition) is 2. The quantitative estimate of drug-likeness (QED) is 0.820. The van der Waals surface area contributed by atoms with Crippen molar-refractivity contribution in [3.05, 3.63) is 64.4 Å². The first-order valence-corrected chi connectivity index (χ1v) is 7.50. The van der Waals surface area contributed by atoms with E-state index in [4.69, 9.17) is 23.8 Å². The van der Waals surface area contributed by atoms with Gasteiger partial charge in [-0.05, 0) is 54.4 Å². The first-order chi connectivity index (χ1) is 10.1. The van der Waals surface area contributed by atoms with Gasteiger partial charge in [-0.25, -0.2) is 4.39 Å². The van der Waals surface area contributed by atoms with Gasteiger partial charge in [-0.2, -0.15) is 0 Å². The third kappa shape index (κ3) is 3.34. The molecule has 21 heavy (non-hydrogen) atoms. The summed E-state index contributed by atoms with van der Waals surface area (Å²) in [5, 5.41) is 6.93. The summed E-state index contributed by atoms with van der Waals surface area (Å²) in [6.45, 7) is 0. The number of hydrogen-bond acceptors (Lipinski definition) is 1. The number of halogens is 2. The lowest BCUT2D eigenvalue weighted by Crippen LogP contribution is -2.38. The molecule has 3 rings (SSSR count). The zero-order valence-electron chi connectivity index (χ0n) is 11.2. The van der Waals surface area contributed by atoms with E-state index >= 15 is 0 Å². The summed E-state index contributed by atoms with van der Waals surface area (Å²) in [6, 6.07) is 13.1. The van der Waals surface area contributed by atoms with Crippen molar-refractivity contribution in [1.29, 1.82) is 0 Å². The lowest BCUT2D eigenvalue weighted by Gasteiger charge is -2.16.